The molecule has 1 saturated heterocycles. The van der Waals surface area contributed by atoms with E-state index in [1.54, 1.807) is 0 Å². The maximum Gasteiger partial charge on any atom is 0.366 e. The average molecular weight is 402 g/mol. The van der Waals surface area contributed by atoms with Gasteiger partial charge in [0.2, 0.25) is 0 Å². The molecule has 0 amide bonds. The van der Waals surface area contributed by atoms with Crippen LogP contribution in [0.15, 0.2) is 0 Å². The maximum atomic E-state index is 11.7. The fourth-order valence-corrected chi connectivity index (χ4v) is 1.98. The summed E-state index contributed by atoms with van der Waals surface area (Å²) in [5.41, 5.74) is 0. The van der Waals surface area contributed by atoms with Crippen LogP contribution in [0, 0.1) is 0 Å². The van der Waals surface area contributed by atoms with Gasteiger partial charge in [0.25, 0.3) is 0 Å². The summed E-state index contributed by atoms with van der Waals surface area (Å²) < 4.78 is 13.5. The lowest BCUT2D eigenvalue weighted by Crippen LogP contribution is -2.50. The van der Waals surface area contributed by atoms with Crippen LogP contribution in [0.1, 0.15) is 0 Å². The number of hydrogen-bond donors (Lipinski definition) is 9. The number of rotatable bonds is 10. The van der Waals surface area contributed by atoms with Gasteiger partial charge >= 0.3 is 18.4 Å². The first-order valence-corrected chi connectivity index (χ1v) is 7.59. The summed E-state index contributed by atoms with van der Waals surface area (Å²) >= 11 is 0. The zero-order valence-corrected chi connectivity index (χ0v) is 13.7. The zero-order chi connectivity index (χ0) is 20.9. The summed E-state index contributed by atoms with van der Waals surface area (Å²) in [5.74, 6) is -2.97. The average Bonchev–Trinajstić information content (AvgIpc) is 3.03. The number of aliphatic hydroxyl groups excluding tert-OH is 9. The quantitative estimate of drug-likeness (QED) is 0.154. The van der Waals surface area contributed by atoms with E-state index in [0.29, 0.717) is 0 Å². The lowest BCUT2D eigenvalue weighted by molar-refractivity contribution is -0.248. The van der Waals surface area contributed by atoms with Crippen LogP contribution >= 0.6 is 0 Å². The predicted octanol–water partition coefficient (Wildman–Crippen LogP) is -6.73. The Morgan fingerprint density at radius 3 is 1.96 bits per heavy atom. The topological polar surface area (TPSA) is 244 Å². The standard InChI is InChI=1S/C13H22O14/c14-1-3(16)5(18)7(20)9(22)11(23)26-13-25-10(12(24)27-13)8(21)6(19)4(17)2-15/h3-10,13-22H,1-2H2/t3-,4-,5-,6-,7+,8+,9-,10-,13-/m1/s1. The van der Waals surface area contributed by atoms with Gasteiger partial charge in [0.1, 0.15) is 36.6 Å². The molecule has 0 aromatic rings. The third-order valence-corrected chi connectivity index (χ3v) is 3.65. The minimum Gasteiger partial charge on any atom is -0.398 e. The maximum absolute atomic E-state index is 11.7. The molecule has 9 N–H and O–H groups in total. The van der Waals surface area contributed by atoms with Crippen LogP contribution in [0.2, 0.25) is 0 Å². The van der Waals surface area contributed by atoms with E-state index in [4.69, 9.17) is 20.1 Å². The number of aliphatic hydroxyl groups is 9. The van der Waals surface area contributed by atoms with Gasteiger partial charge in [0, 0.05) is 0 Å². The lowest BCUT2D eigenvalue weighted by atomic mass is 10.0. The van der Waals surface area contributed by atoms with Crippen molar-refractivity contribution in [2.45, 2.75) is 55.3 Å². The number of cyclic esters (lactones) is 1. The van der Waals surface area contributed by atoms with Crippen LogP contribution < -0.4 is 0 Å². The summed E-state index contributed by atoms with van der Waals surface area (Å²) in [5, 5.41) is 83.5. The Morgan fingerprint density at radius 1 is 0.926 bits per heavy atom. The van der Waals surface area contributed by atoms with Crippen LogP contribution in [-0.2, 0) is 23.8 Å². The fraction of sp³-hybridized carbons (Fsp3) is 0.846. The first-order valence-electron chi connectivity index (χ1n) is 7.59. The minimum atomic E-state index is -2.44. The van der Waals surface area contributed by atoms with E-state index >= 15 is 0 Å². The Labute approximate surface area is 151 Å². The van der Waals surface area contributed by atoms with Crippen molar-refractivity contribution >= 4 is 11.9 Å². The second-order valence-corrected chi connectivity index (χ2v) is 5.63. The molecule has 0 aliphatic carbocycles. The third-order valence-electron chi connectivity index (χ3n) is 3.65. The summed E-state index contributed by atoms with van der Waals surface area (Å²) in [6.45, 7) is -4.03. The minimum absolute atomic E-state index is 0.940. The number of esters is 2. The second-order valence-electron chi connectivity index (χ2n) is 5.63. The molecule has 9 atom stereocenters. The van der Waals surface area contributed by atoms with E-state index in [2.05, 4.69) is 9.47 Å². The molecule has 1 rings (SSSR count). The Bertz CT molecular complexity index is 499. The van der Waals surface area contributed by atoms with Gasteiger partial charge < -0.3 is 55.4 Å². The molecule has 0 aromatic heterocycles. The van der Waals surface area contributed by atoms with Crippen molar-refractivity contribution in [2.75, 3.05) is 13.2 Å². The van der Waals surface area contributed by atoms with Crippen molar-refractivity contribution in [1.82, 2.24) is 0 Å². The smallest absolute Gasteiger partial charge is 0.366 e. The van der Waals surface area contributed by atoms with E-state index in [0.717, 1.165) is 0 Å². The van der Waals surface area contributed by atoms with Gasteiger partial charge in [-0.05, 0) is 0 Å². The zero-order valence-electron chi connectivity index (χ0n) is 13.7. The monoisotopic (exact) mass is 402 g/mol. The highest BCUT2D eigenvalue weighted by atomic mass is 16.9. The van der Waals surface area contributed by atoms with Crippen molar-refractivity contribution in [2.24, 2.45) is 0 Å². The molecule has 1 fully saturated rings. The number of carbonyl (C=O) groups excluding carboxylic acids is 2. The van der Waals surface area contributed by atoms with Gasteiger partial charge in [-0.15, -0.1) is 0 Å². The molecule has 1 aliphatic heterocycles. The molecule has 158 valence electrons. The highest BCUT2D eigenvalue weighted by Crippen LogP contribution is 2.21. The summed E-state index contributed by atoms with van der Waals surface area (Å²) in [6.07, 6.45) is -16.5. The number of ether oxygens (including phenoxy) is 3. The molecule has 1 aliphatic rings. The van der Waals surface area contributed by atoms with Crippen LogP contribution in [0.3, 0.4) is 0 Å². The first-order chi connectivity index (χ1) is 12.5. The SMILES string of the molecule is O=C(O[C@@H]1OC(=O)[C@@H]([C@@H](O)[C@H](O)[C@H](O)CO)O1)[C@H](O)[C@@H](O)[C@H](O)[C@H](O)CO. The van der Waals surface area contributed by atoms with E-state index < -0.39 is 80.5 Å². The molecule has 0 radical (unpaired) electrons. The largest absolute Gasteiger partial charge is 0.398 e. The van der Waals surface area contributed by atoms with Gasteiger partial charge in [-0.1, -0.05) is 0 Å². The van der Waals surface area contributed by atoms with Crippen molar-refractivity contribution in [3.63, 3.8) is 0 Å². The lowest BCUT2D eigenvalue weighted by Gasteiger charge is -2.25. The van der Waals surface area contributed by atoms with Crippen molar-refractivity contribution in [3.05, 3.63) is 0 Å². The molecule has 0 spiro atoms. The molecule has 14 nitrogen and oxygen atoms in total. The molecule has 0 aromatic carbocycles. The van der Waals surface area contributed by atoms with Gasteiger partial charge in [-0.3, -0.25) is 4.74 Å². The molecular weight excluding hydrogens is 380 g/mol. The number of hydrogen-bond acceptors (Lipinski definition) is 14. The Kier molecular flexibility index (Phi) is 8.89. The molecule has 14 heteroatoms. The molecular formula is C13H22O14. The Hall–Kier alpha value is -1.46. The highest BCUT2D eigenvalue weighted by molar-refractivity contribution is 5.78. The summed E-state index contributed by atoms with van der Waals surface area (Å²) in [7, 11) is 0. The second kappa shape index (κ2) is 10.2. The van der Waals surface area contributed by atoms with Crippen molar-refractivity contribution in [3.8, 4) is 0 Å². The van der Waals surface area contributed by atoms with E-state index in [-0.39, 0.29) is 0 Å². The van der Waals surface area contributed by atoms with Crippen LogP contribution in [0.4, 0.5) is 0 Å². The van der Waals surface area contributed by atoms with Gasteiger partial charge in [-0.2, -0.15) is 0 Å². The van der Waals surface area contributed by atoms with Crippen molar-refractivity contribution < 1.29 is 69.8 Å². The number of carbonyl (C=O) groups is 2. The van der Waals surface area contributed by atoms with E-state index in [1.807, 2.05) is 0 Å². The Balaban J connectivity index is 2.65. The van der Waals surface area contributed by atoms with Gasteiger partial charge in [0.05, 0.1) is 13.2 Å². The van der Waals surface area contributed by atoms with Crippen molar-refractivity contribution in [1.29, 1.82) is 0 Å². The van der Waals surface area contributed by atoms with Crippen LogP contribution in [-0.4, -0.2) is 126 Å². The van der Waals surface area contributed by atoms with Crippen LogP contribution in [0.25, 0.3) is 0 Å². The normalized spacial score (nSPS) is 27.8. The molecule has 1 heterocycles. The molecule has 0 saturated carbocycles. The van der Waals surface area contributed by atoms with Gasteiger partial charge in [0.15, 0.2) is 12.2 Å². The van der Waals surface area contributed by atoms with Crippen LogP contribution in [0.5, 0.6) is 0 Å². The highest BCUT2D eigenvalue weighted by Gasteiger charge is 2.47. The first kappa shape index (κ1) is 23.6. The van der Waals surface area contributed by atoms with E-state index in [9.17, 15) is 40.2 Å². The van der Waals surface area contributed by atoms with E-state index in [1.165, 1.54) is 0 Å². The predicted molar refractivity (Wildman–Crippen MR) is 77.1 cm³/mol. The molecule has 0 bridgehead atoms. The molecule has 0 unspecified atom stereocenters. The Morgan fingerprint density at radius 2 is 1.44 bits per heavy atom. The fourth-order valence-electron chi connectivity index (χ4n) is 1.98. The molecule has 27 heavy (non-hydrogen) atoms. The third kappa shape index (κ3) is 5.76. The summed E-state index contributed by atoms with van der Waals surface area (Å²) in [4.78, 5) is 23.3. The van der Waals surface area contributed by atoms with Gasteiger partial charge in [-0.25, -0.2) is 9.59 Å². The summed E-state index contributed by atoms with van der Waals surface area (Å²) in [6, 6.07) is 0.